The molecule has 2 nitrogen and oxygen atoms in total. The molecule has 0 saturated carbocycles. The third kappa shape index (κ3) is 1.70. The van der Waals surface area contributed by atoms with Gasteiger partial charge in [0.05, 0.1) is 6.61 Å². The lowest BCUT2D eigenvalue weighted by Crippen LogP contribution is -1.87. The summed E-state index contributed by atoms with van der Waals surface area (Å²) in [5.41, 5.74) is 0.417. The molecule has 1 rings (SSSR count). The maximum atomic E-state index is 12.6. The minimum absolute atomic E-state index is 0.252. The first-order valence-corrected chi connectivity index (χ1v) is 3.72. The van der Waals surface area contributed by atoms with Crippen molar-refractivity contribution >= 4 is 15.9 Å². The van der Waals surface area contributed by atoms with Crippen LogP contribution in [0.3, 0.4) is 0 Å². The van der Waals surface area contributed by atoms with Crippen LogP contribution in [0.1, 0.15) is 5.56 Å². The molecule has 0 aromatic heterocycles. The molecule has 1 aromatic rings. The highest BCUT2D eigenvalue weighted by Crippen LogP contribution is 2.25. The van der Waals surface area contributed by atoms with Crippen molar-refractivity contribution in [1.82, 2.24) is 0 Å². The van der Waals surface area contributed by atoms with Gasteiger partial charge in [-0.25, -0.2) is 4.39 Å². The molecule has 0 unspecified atom stereocenters. The first-order chi connectivity index (χ1) is 5.15. The van der Waals surface area contributed by atoms with Crippen LogP contribution in [-0.4, -0.2) is 10.2 Å². The number of aliphatic hydroxyl groups is 1. The van der Waals surface area contributed by atoms with E-state index in [0.717, 1.165) is 6.07 Å². The Hall–Kier alpha value is -0.610. The van der Waals surface area contributed by atoms with E-state index in [0.29, 0.717) is 10.0 Å². The molecule has 0 heterocycles. The average Bonchev–Trinajstić information content (AvgIpc) is 1.97. The van der Waals surface area contributed by atoms with Crippen LogP contribution < -0.4 is 0 Å². The Morgan fingerprint density at radius 3 is 2.64 bits per heavy atom. The molecule has 0 bridgehead atoms. The molecule has 4 heteroatoms. The van der Waals surface area contributed by atoms with Crippen LogP contribution in [0.2, 0.25) is 0 Å². The van der Waals surface area contributed by atoms with Crippen LogP contribution in [0, 0.1) is 5.82 Å². The SMILES string of the molecule is OCc1cc(F)c(O)cc1Br. The fraction of sp³-hybridized carbons (Fsp3) is 0.143. The zero-order valence-electron chi connectivity index (χ0n) is 5.51. The van der Waals surface area contributed by atoms with Gasteiger partial charge in [0.25, 0.3) is 0 Å². The highest BCUT2D eigenvalue weighted by Gasteiger charge is 2.05. The first kappa shape index (κ1) is 8.49. The van der Waals surface area contributed by atoms with Crippen molar-refractivity contribution in [2.75, 3.05) is 0 Å². The summed E-state index contributed by atoms with van der Waals surface area (Å²) in [5, 5.41) is 17.5. The summed E-state index contributed by atoms with van der Waals surface area (Å²) in [6, 6.07) is 2.29. The van der Waals surface area contributed by atoms with Crippen LogP contribution in [0.5, 0.6) is 5.75 Å². The van der Waals surface area contributed by atoms with Gasteiger partial charge >= 0.3 is 0 Å². The van der Waals surface area contributed by atoms with Gasteiger partial charge in [0.2, 0.25) is 0 Å². The molecule has 0 saturated heterocycles. The fourth-order valence-corrected chi connectivity index (χ4v) is 1.16. The van der Waals surface area contributed by atoms with Gasteiger partial charge in [-0.3, -0.25) is 0 Å². The van der Waals surface area contributed by atoms with Crippen molar-refractivity contribution in [2.24, 2.45) is 0 Å². The fourth-order valence-electron chi connectivity index (χ4n) is 0.699. The number of halogens is 2. The third-order valence-electron chi connectivity index (χ3n) is 1.29. The Morgan fingerprint density at radius 2 is 2.09 bits per heavy atom. The first-order valence-electron chi connectivity index (χ1n) is 2.93. The summed E-state index contributed by atoms with van der Waals surface area (Å²) in [4.78, 5) is 0. The normalized spacial score (nSPS) is 10.1. The molecular weight excluding hydrogens is 215 g/mol. The Labute approximate surface area is 71.4 Å². The zero-order chi connectivity index (χ0) is 8.43. The second-order valence-corrected chi connectivity index (χ2v) is 2.91. The number of phenols is 1. The van der Waals surface area contributed by atoms with Gasteiger partial charge in [-0.15, -0.1) is 0 Å². The molecule has 0 aliphatic carbocycles. The monoisotopic (exact) mass is 220 g/mol. The minimum atomic E-state index is -0.725. The van der Waals surface area contributed by atoms with Crippen LogP contribution in [0.25, 0.3) is 0 Å². The lowest BCUT2D eigenvalue weighted by atomic mass is 10.2. The van der Waals surface area contributed by atoms with E-state index in [9.17, 15) is 4.39 Å². The molecule has 60 valence electrons. The molecule has 0 aliphatic rings. The van der Waals surface area contributed by atoms with Gasteiger partial charge < -0.3 is 10.2 Å². The van der Waals surface area contributed by atoms with Gasteiger partial charge in [-0.2, -0.15) is 0 Å². The number of aromatic hydroxyl groups is 1. The van der Waals surface area contributed by atoms with E-state index in [1.807, 2.05) is 0 Å². The van der Waals surface area contributed by atoms with Crippen LogP contribution in [0.4, 0.5) is 4.39 Å². The highest BCUT2D eigenvalue weighted by molar-refractivity contribution is 9.10. The molecule has 0 atom stereocenters. The molecule has 0 aliphatic heterocycles. The summed E-state index contributed by atoms with van der Waals surface area (Å²) in [6.07, 6.45) is 0. The molecule has 0 amide bonds. The third-order valence-corrected chi connectivity index (χ3v) is 2.02. The predicted octanol–water partition coefficient (Wildman–Crippen LogP) is 1.79. The van der Waals surface area contributed by atoms with Crippen LogP contribution in [-0.2, 0) is 6.61 Å². The molecule has 0 radical (unpaired) electrons. The predicted molar refractivity (Wildman–Crippen MR) is 41.7 cm³/mol. The Balaban J connectivity index is 3.21. The van der Waals surface area contributed by atoms with Crippen molar-refractivity contribution in [3.8, 4) is 5.75 Å². The van der Waals surface area contributed by atoms with Gasteiger partial charge in [-0.05, 0) is 17.7 Å². The maximum absolute atomic E-state index is 12.6. The van der Waals surface area contributed by atoms with Crippen LogP contribution >= 0.6 is 15.9 Å². The van der Waals surface area contributed by atoms with Gasteiger partial charge in [0, 0.05) is 4.47 Å². The van der Waals surface area contributed by atoms with E-state index in [2.05, 4.69) is 15.9 Å². The molecule has 0 spiro atoms. The quantitative estimate of drug-likeness (QED) is 0.758. The van der Waals surface area contributed by atoms with Crippen molar-refractivity contribution in [2.45, 2.75) is 6.61 Å². The van der Waals surface area contributed by atoms with E-state index in [1.54, 1.807) is 0 Å². The van der Waals surface area contributed by atoms with Gasteiger partial charge in [0.15, 0.2) is 11.6 Å². The second kappa shape index (κ2) is 3.19. The Kier molecular flexibility index (Phi) is 2.46. The van der Waals surface area contributed by atoms with Crippen molar-refractivity contribution in [3.05, 3.63) is 28.0 Å². The summed E-state index contributed by atoms with van der Waals surface area (Å²) < 4.78 is 13.1. The largest absolute Gasteiger partial charge is 0.505 e. The second-order valence-electron chi connectivity index (χ2n) is 2.05. The number of benzene rings is 1. The summed E-state index contributed by atoms with van der Waals surface area (Å²) in [6.45, 7) is -0.252. The molecule has 0 fully saturated rings. The number of phenolic OH excluding ortho intramolecular Hbond substituents is 1. The smallest absolute Gasteiger partial charge is 0.165 e. The number of rotatable bonds is 1. The minimum Gasteiger partial charge on any atom is -0.505 e. The number of aliphatic hydroxyl groups excluding tert-OH is 1. The van der Waals surface area contributed by atoms with E-state index in [4.69, 9.17) is 10.2 Å². The van der Waals surface area contributed by atoms with Crippen molar-refractivity contribution < 1.29 is 14.6 Å². The van der Waals surface area contributed by atoms with E-state index < -0.39 is 11.6 Å². The van der Waals surface area contributed by atoms with E-state index in [-0.39, 0.29) is 6.61 Å². The van der Waals surface area contributed by atoms with Crippen molar-refractivity contribution in [1.29, 1.82) is 0 Å². The molecule has 11 heavy (non-hydrogen) atoms. The molecule has 1 aromatic carbocycles. The maximum Gasteiger partial charge on any atom is 0.165 e. The van der Waals surface area contributed by atoms with Gasteiger partial charge in [-0.1, -0.05) is 15.9 Å². The molecular formula is C7H6BrFO2. The highest BCUT2D eigenvalue weighted by atomic mass is 79.9. The standard InChI is InChI=1S/C7H6BrFO2/c8-5-2-7(11)6(9)1-4(5)3-10/h1-2,10-11H,3H2. The van der Waals surface area contributed by atoms with E-state index in [1.165, 1.54) is 6.07 Å². The van der Waals surface area contributed by atoms with Crippen molar-refractivity contribution in [3.63, 3.8) is 0 Å². The summed E-state index contributed by atoms with van der Waals surface area (Å²) >= 11 is 3.05. The number of hydrogen-bond acceptors (Lipinski definition) is 2. The van der Waals surface area contributed by atoms with E-state index >= 15 is 0 Å². The lowest BCUT2D eigenvalue weighted by Gasteiger charge is -2.01. The average molecular weight is 221 g/mol. The Morgan fingerprint density at radius 1 is 1.45 bits per heavy atom. The summed E-state index contributed by atoms with van der Waals surface area (Å²) in [5.74, 6) is -1.15. The van der Waals surface area contributed by atoms with Crippen LogP contribution in [0.15, 0.2) is 16.6 Å². The topological polar surface area (TPSA) is 40.5 Å². The van der Waals surface area contributed by atoms with Gasteiger partial charge in [0.1, 0.15) is 0 Å². The zero-order valence-corrected chi connectivity index (χ0v) is 7.10. The molecule has 2 N–H and O–H groups in total. The number of hydrogen-bond donors (Lipinski definition) is 2. The lowest BCUT2D eigenvalue weighted by molar-refractivity contribution is 0.280. The summed E-state index contributed by atoms with van der Waals surface area (Å²) in [7, 11) is 0. The Bertz CT molecular complexity index is 275.